The van der Waals surface area contributed by atoms with E-state index in [0.29, 0.717) is 11.3 Å². The summed E-state index contributed by atoms with van der Waals surface area (Å²) in [5.74, 6) is -1.07. The van der Waals surface area contributed by atoms with Crippen molar-refractivity contribution < 1.29 is 18.0 Å². The molecule has 0 radical (unpaired) electrons. The third kappa shape index (κ3) is 1.75. The second-order valence-electron chi connectivity index (χ2n) is 5.45. The van der Waals surface area contributed by atoms with Crippen LogP contribution in [0.4, 0.5) is 5.69 Å². The molecule has 112 valence electrons. The first kappa shape index (κ1) is 13.3. The minimum absolute atomic E-state index is 0.101. The van der Waals surface area contributed by atoms with E-state index in [1.807, 2.05) is 22.9 Å². The largest absolute Gasteiger partial charge is 0.295 e. The monoisotopic (exact) mass is 316 g/mol. The summed E-state index contributed by atoms with van der Waals surface area (Å²) in [6.07, 6.45) is 0.101. The Balaban J connectivity index is 1.84. The van der Waals surface area contributed by atoms with E-state index in [0.717, 1.165) is 10.8 Å². The Hall–Kier alpha value is -2.41. The van der Waals surface area contributed by atoms with Gasteiger partial charge in [-0.2, -0.15) is 0 Å². The molecule has 2 aliphatic heterocycles. The highest BCUT2D eigenvalue weighted by atomic mass is 32.2. The Morgan fingerprint density at radius 3 is 2.55 bits per heavy atom. The van der Waals surface area contributed by atoms with Crippen LogP contribution in [0.1, 0.15) is 16.8 Å². The van der Waals surface area contributed by atoms with E-state index in [-0.39, 0.29) is 18.1 Å². The Labute approximate surface area is 126 Å². The first-order valence-electron chi connectivity index (χ1n) is 6.87. The van der Waals surface area contributed by atoms with Crippen molar-refractivity contribution in [1.82, 2.24) is 4.72 Å². The van der Waals surface area contributed by atoms with Crippen LogP contribution in [0.3, 0.4) is 0 Å². The van der Waals surface area contributed by atoms with E-state index in [2.05, 4.69) is 0 Å². The van der Waals surface area contributed by atoms with Crippen LogP contribution in [0, 0.1) is 0 Å². The molecule has 0 aromatic heterocycles. The van der Waals surface area contributed by atoms with Gasteiger partial charge in [0.2, 0.25) is 10.0 Å². The van der Waals surface area contributed by atoms with Crippen LogP contribution in [-0.4, -0.2) is 32.0 Å². The summed E-state index contributed by atoms with van der Waals surface area (Å²) >= 11 is 0. The fourth-order valence-corrected chi connectivity index (χ4v) is 4.24. The number of hydrogen-bond acceptors (Lipinski definition) is 4. The number of carbonyl (C=O) groups excluding carboxylic acids is 2. The van der Waals surface area contributed by atoms with Gasteiger partial charge in [-0.25, -0.2) is 8.42 Å². The van der Waals surface area contributed by atoms with Crippen LogP contribution in [0.5, 0.6) is 0 Å². The molecule has 2 aliphatic rings. The third-order valence-electron chi connectivity index (χ3n) is 4.12. The Morgan fingerprint density at radius 2 is 1.82 bits per heavy atom. The molecule has 1 unspecified atom stereocenters. The summed E-state index contributed by atoms with van der Waals surface area (Å²) in [6, 6.07) is 10.2. The lowest BCUT2D eigenvalue weighted by molar-refractivity contribution is -0.120. The predicted octanol–water partition coefficient (Wildman–Crippen LogP) is 1.02. The molecule has 0 bridgehead atoms. The molecule has 1 fully saturated rings. The first-order chi connectivity index (χ1) is 10.5. The topological polar surface area (TPSA) is 83.6 Å². The number of amides is 2. The van der Waals surface area contributed by atoms with Crippen molar-refractivity contribution in [1.29, 1.82) is 0 Å². The van der Waals surface area contributed by atoms with E-state index in [1.54, 1.807) is 18.2 Å². The van der Waals surface area contributed by atoms with Crippen molar-refractivity contribution in [2.45, 2.75) is 12.5 Å². The van der Waals surface area contributed by atoms with Crippen molar-refractivity contribution in [3.8, 4) is 0 Å². The van der Waals surface area contributed by atoms with Crippen molar-refractivity contribution in [2.75, 3.05) is 10.7 Å². The van der Waals surface area contributed by atoms with E-state index >= 15 is 0 Å². The number of sulfonamides is 1. The summed E-state index contributed by atoms with van der Waals surface area (Å²) in [4.78, 5) is 26.2. The van der Waals surface area contributed by atoms with Gasteiger partial charge in [-0.3, -0.25) is 19.2 Å². The van der Waals surface area contributed by atoms with Gasteiger partial charge in [0, 0.05) is 10.9 Å². The summed E-state index contributed by atoms with van der Waals surface area (Å²) in [5.41, 5.74) is 1.21. The number of hydrogen-bond donors (Lipinski definition) is 1. The van der Waals surface area contributed by atoms with Gasteiger partial charge in [0.1, 0.15) is 6.04 Å². The minimum Gasteiger partial charge on any atom is -0.295 e. The van der Waals surface area contributed by atoms with Crippen LogP contribution in [0.2, 0.25) is 0 Å². The maximum atomic E-state index is 12.7. The summed E-state index contributed by atoms with van der Waals surface area (Å²) < 4.78 is 25.0. The lowest BCUT2D eigenvalue weighted by Gasteiger charge is -2.30. The smallest absolute Gasteiger partial charge is 0.259 e. The van der Waals surface area contributed by atoms with Gasteiger partial charge in [0.05, 0.1) is 11.4 Å². The average Bonchev–Trinajstić information content (AvgIpc) is 2.75. The van der Waals surface area contributed by atoms with Gasteiger partial charge in [0.15, 0.2) is 0 Å². The number of carbonyl (C=O) groups is 2. The third-order valence-corrected chi connectivity index (χ3v) is 5.41. The number of rotatable bonds is 1. The maximum absolute atomic E-state index is 12.7. The summed E-state index contributed by atoms with van der Waals surface area (Å²) in [7, 11) is -3.57. The molecule has 0 saturated carbocycles. The summed E-state index contributed by atoms with van der Waals surface area (Å²) in [6.45, 7) is 0. The molecule has 1 atom stereocenters. The van der Waals surface area contributed by atoms with Crippen molar-refractivity contribution in [2.24, 2.45) is 0 Å². The number of anilines is 1. The van der Waals surface area contributed by atoms with Crippen LogP contribution in [0.15, 0.2) is 36.4 Å². The SMILES string of the molecule is O=C1NS(=O)(=O)CCC1N1C(=O)c2cccc3cccc1c23. The normalized spacial score (nSPS) is 22.9. The summed E-state index contributed by atoms with van der Waals surface area (Å²) in [5, 5.41) is 1.74. The molecule has 2 aromatic rings. The van der Waals surface area contributed by atoms with E-state index < -0.39 is 22.0 Å². The highest BCUT2D eigenvalue weighted by Crippen LogP contribution is 2.39. The highest BCUT2D eigenvalue weighted by Gasteiger charge is 2.41. The van der Waals surface area contributed by atoms with Gasteiger partial charge in [-0.1, -0.05) is 24.3 Å². The van der Waals surface area contributed by atoms with Crippen molar-refractivity contribution in [3.63, 3.8) is 0 Å². The molecule has 2 aromatic carbocycles. The lowest BCUT2D eigenvalue weighted by Crippen LogP contribution is -2.55. The van der Waals surface area contributed by atoms with E-state index in [9.17, 15) is 18.0 Å². The highest BCUT2D eigenvalue weighted by molar-refractivity contribution is 7.90. The molecule has 6 nitrogen and oxygen atoms in total. The molecule has 22 heavy (non-hydrogen) atoms. The molecular formula is C15H12N2O4S. The molecule has 2 heterocycles. The molecule has 1 saturated heterocycles. The standard InChI is InChI=1S/C15H12N2O4S/c18-14-12(7-8-22(20,21)16-14)17-11-6-2-4-9-3-1-5-10(13(9)11)15(17)19/h1-6,12H,7-8H2,(H,16,18). The number of nitrogens with zero attached hydrogens (tertiary/aromatic N) is 1. The van der Waals surface area contributed by atoms with Crippen LogP contribution in [-0.2, 0) is 14.8 Å². The Kier molecular flexibility index (Phi) is 2.59. The minimum atomic E-state index is -3.57. The van der Waals surface area contributed by atoms with Gasteiger partial charge in [-0.15, -0.1) is 0 Å². The van der Waals surface area contributed by atoms with Gasteiger partial charge in [0.25, 0.3) is 11.8 Å². The fourth-order valence-electron chi connectivity index (χ4n) is 3.17. The first-order valence-corrected chi connectivity index (χ1v) is 8.53. The Bertz CT molecular complexity index is 930. The van der Waals surface area contributed by atoms with E-state index in [1.165, 1.54) is 4.90 Å². The predicted molar refractivity (Wildman–Crippen MR) is 81.1 cm³/mol. The maximum Gasteiger partial charge on any atom is 0.259 e. The van der Waals surface area contributed by atoms with Crippen LogP contribution < -0.4 is 9.62 Å². The Morgan fingerprint density at radius 1 is 1.09 bits per heavy atom. The van der Waals surface area contributed by atoms with Crippen molar-refractivity contribution >= 4 is 38.3 Å². The molecule has 7 heteroatoms. The van der Waals surface area contributed by atoms with E-state index in [4.69, 9.17) is 0 Å². The number of nitrogens with one attached hydrogen (secondary N) is 1. The van der Waals surface area contributed by atoms with Gasteiger partial charge in [-0.05, 0) is 23.9 Å². The molecule has 2 amide bonds. The number of benzene rings is 2. The van der Waals surface area contributed by atoms with Crippen LogP contribution in [0.25, 0.3) is 10.8 Å². The zero-order valence-electron chi connectivity index (χ0n) is 11.4. The van der Waals surface area contributed by atoms with Gasteiger partial charge >= 0.3 is 0 Å². The van der Waals surface area contributed by atoms with Crippen LogP contribution >= 0.6 is 0 Å². The molecule has 1 N–H and O–H groups in total. The molecule has 4 rings (SSSR count). The lowest BCUT2D eigenvalue weighted by atomic mass is 10.1. The zero-order chi connectivity index (χ0) is 15.5. The molecular weight excluding hydrogens is 304 g/mol. The second-order valence-corrected chi connectivity index (χ2v) is 7.29. The molecule has 0 aliphatic carbocycles. The molecule has 0 spiro atoms. The quantitative estimate of drug-likeness (QED) is 0.851. The van der Waals surface area contributed by atoms with Crippen molar-refractivity contribution in [3.05, 3.63) is 42.0 Å². The zero-order valence-corrected chi connectivity index (χ0v) is 12.3. The second kappa shape index (κ2) is 4.30. The fraction of sp³-hybridized carbons (Fsp3) is 0.200. The average molecular weight is 316 g/mol. The van der Waals surface area contributed by atoms with Gasteiger partial charge < -0.3 is 0 Å².